The molecule has 24 heavy (non-hydrogen) atoms. The predicted octanol–water partition coefficient (Wildman–Crippen LogP) is 2.78. The van der Waals surface area contributed by atoms with Crippen LogP contribution in [0.3, 0.4) is 0 Å². The van der Waals surface area contributed by atoms with Gasteiger partial charge in [-0.25, -0.2) is 9.69 Å². The first kappa shape index (κ1) is 16.8. The van der Waals surface area contributed by atoms with Crippen LogP contribution in [-0.2, 0) is 16.1 Å². The zero-order valence-corrected chi connectivity index (χ0v) is 14.1. The van der Waals surface area contributed by atoms with Crippen LogP contribution >= 0.6 is 11.8 Å². The monoisotopic (exact) mass is 366 g/mol. The van der Waals surface area contributed by atoms with Gasteiger partial charge in [0.15, 0.2) is 0 Å². The van der Waals surface area contributed by atoms with Crippen LogP contribution in [0.1, 0.15) is 6.92 Å². The van der Waals surface area contributed by atoms with Gasteiger partial charge in [0.1, 0.15) is 17.5 Å². The van der Waals surface area contributed by atoms with Gasteiger partial charge in [-0.05, 0) is 37.3 Å². The first-order valence-electron chi connectivity index (χ1n) is 6.94. The molecule has 126 valence electrons. The first-order chi connectivity index (χ1) is 11.5. The van der Waals surface area contributed by atoms with Gasteiger partial charge in [-0.15, -0.1) is 0 Å². The van der Waals surface area contributed by atoms with E-state index >= 15 is 0 Å². The summed E-state index contributed by atoms with van der Waals surface area (Å²) in [6, 6.07) is 11.4. The Hall–Kier alpha value is -2.07. The molecule has 9 heteroatoms. The van der Waals surface area contributed by atoms with Crippen molar-refractivity contribution in [1.29, 1.82) is 0 Å². The van der Waals surface area contributed by atoms with Gasteiger partial charge < -0.3 is 4.74 Å². The van der Waals surface area contributed by atoms with Gasteiger partial charge in [-0.2, -0.15) is 0 Å². The van der Waals surface area contributed by atoms with Crippen molar-refractivity contribution < 1.29 is 23.5 Å². The number of amides is 1. The number of hydrogen-bond acceptors (Lipinski definition) is 5. The maximum atomic E-state index is 11.7. The molecule has 0 fully saturated rings. The molecule has 1 aliphatic rings. The van der Waals surface area contributed by atoms with Gasteiger partial charge >= 0.3 is 0 Å². The van der Waals surface area contributed by atoms with E-state index in [0.29, 0.717) is 11.4 Å². The van der Waals surface area contributed by atoms with Gasteiger partial charge in [0, 0.05) is 0 Å². The van der Waals surface area contributed by atoms with E-state index in [1.165, 1.54) is 24.2 Å². The van der Waals surface area contributed by atoms with E-state index in [4.69, 9.17) is 9.94 Å². The van der Waals surface area contributed by atoms with Gasteiger partial charge in [0.05, 0.1) is 15.5 Å². The van der Waals surface area contributed by atoms with Crippen molar-refractivity contribution in [3.63, 3.8) is 0 Å². The Morgan fingerprint density at radius 3 is 2.67 bits per heavy atom. The number of hydroxylamine groups is 1. The summed E-state index contributed by atoms with van der Waals surface area (Å²) in [4.78, 5) is 13.3. The molecule has 1 heterocycles. The Morgan fingerprint density at radius 1 is 1.25 bits per heavy atom. The SMILES string of the molecule is CC(C(=O)NO)N(c1ccc2c(c1)Sc1ccccc1O2)S(=O)O. The second-order valence-electron chi connectivity index (χ2n) is 4.99. The van der Waals surface area contributed by atoms with Crippen molar-refractivity contribution in [3.8, 4) is 11.5 Å². The van der Waals surface area contributed by atoms with E-state index in [0.717, 1.165) is 19.8 Å². The molecule has 3 N–H and O–H groups in total. The molecule has 0 aliphatic carbocycles. The molecule has 0 aromatic heterocycles. The number of fused-ring (bicyclic) bond motifs is 2. The lowest BCUT2D eigenvalue weighted by Crippen LogP contribution is -2.45. The molecule has 1 aliphatic heterocycles. The molecule has 0 saturated carbocycles. The van der Waals surface area contributed by atoms with Crippen molar-refractivity contribution >= 4 is 34.6 Å². The lowest BCUT2D eigenvalue weighted by molar-refractivity contribution is -0.129. The summed E-state index contributed by atoms with van der Waals surface area (Å²) in [7, 11) is 0. The van der Waals surface area contributed by atoms with Crippen LogP contribution in [0.5, 0.6) is 11.5 Å². The highest BCUT2D eigenvalue weighted by molar-refractivity contribution is 7.99. The van der Waals surface area contributed by atoms with Crippen LogP contribution in [-0.4, -0.2) is 25.9 Å². The number of hydrogen-bond donors (Lipinski definition) is 3. The summed E-state index contributed by atoms with van der Waals surface area (Å²) < 4.78 is 28.0. The summed E-state index contributed by atoms with van der Waals surface area (Å²) >= 11 is -0.972. The highest BCUT2D eigenvalue weighted by Gasteiger charge is 2.27. The fourth-order valence-corrected chi connectivity index (χ4v) is 3.95. The summed E-state index contributed by atoms with van der Waals surface area (Å²) in [6.45, 7) is 1.41. The third-order valence-corrected chi connectivity index (χ3v) is 5.44. The second kappa shape index (κ2) is 6.81. The molecule has 2 atom stereocenters. The number of carbonyl (C=O) groups is 1. The van der Waals surface area contributed by atoms with Crippen LogP contribution < -0.4 is 14.5 Å². The number of ether oxygens (including phenoxy) is 1. The number of benzene rings is 2. The Morgan fingerprint density at radius 2 is 1.96 bits per heavy atom. The number of nitrogens with zero attached hydrogens (tertiary/aromatic N) is 1. The molecule has 2 unspecified atom stereocenters. The van der Waals surface area contributed by atoms with Gasteiger partial charge in [0.2, 0.25) is 0 Å². The topological polar surface area (TPSA) is 99.1 Å². The predicted molar refractivity (Wildman–Crippen MR) is 89.7 cm³/mol. The highest BCUT2D eigenvalue weighted by Crippen LogP contribution is 2.48. The van der Waals surface area contributed by atoms with Crippen LogP contribution in [0.25, 0.3) is 0 Å². The molecule has 3 rings (SSSR count). The third kappa shape index (κ3) is 3.11. The number of nitrogens with one attached hydrogen (secondary N) is 1. The minimum Gasteiger partial charge on any atom is -0.455 e. The van der Waals surface area contributed by atoms with Crippen LogP contribution in [0.4, 0.5) is 5.69 Å². The number of para-hydroxylation sites is 1. The van der Waals surface area contributed by atoms with Crippen molar-refractivity contribution in [2.24, 2.45) is 0 Å². The highest BCUT2D eigenvalue weighted by atomic mass is 32.2. The molecule has 0 saturated heterocycles. The Bertz CT molecular complexity index is 814. The Kier molecular flexibility index (Phi) is 4.76. The first-order valence-corrected chi connectivity index (χ1v) is 8.82. The number of anilines is 1. The van der Waals surface area contributed by atoms with Crippen molar-refractivity contribution in [1.82, 2.24) is 5.48 Å². The Labute approximate surface area is 145 Å². The zero-order valence-electron chi connectivity index (χ0n) is 12.5. The molecular weight excluding hydrogens is 352 g/mol. The lowest BCUT2D eigenvalue weighted by atomic mass is 10.2. The summed E-state index contributed by atoms with van der Waals surface area (Å²) in [6.07, 6.45) is 0. The minimum atomic E-state index is -2.44. The molecule has 0 spiro atoms. The van der Waals surface area contributed by atoms with Crippen molar-refractivity contribution in [2.75, 3.05) is 4.31 Å². The average Bonchev–Trinajstić information content (AvgIpc) is 2.58. The molecule has 0 bridgehead atoms. The van der Waals surface area contributed by atoms with Crippen LogP contribution in [0.2, 0.25) is 0 Å². The standard InChI is InChI=1S/C15H14N2O5S2/c1-9(15(18)16-19)17(24(20)21)10-6-7-12-14(8-10)23-13-5-3-2-4-11(13)22-12/h2-9,19H,1H3,(H,16,18)(H,20,21). The number of rotatable bonds is 4. The molecule has 0 radical (unpaired) electrons. The maximum absolute atomic E-state index is 11.7. The fourth-order valence-electron chi connectivity index (χ4n) is 2.30. The maximum Gasteiger partial charge on any atom is 0.266 e. The van der Waals surface area contributed by atoms with E-state index in [9.17, 15) is 13.6 Å². The van der Waals surface area contributed by atoms with E-state index in [1.807, 2.05) is 24.3 Å². The zero-order chi connectivity index (χ0) is 17.3. The van der Waals surface area contributed by atoms with Crippen molar-refractivity contribution in [2.45, 2.75) is 22.8 Å². The average molecular weight is 366 g/mol. The van der Waals surface area contributed by atoms with Crippen molar-refractivity contribution in [3.05, 3.63) is 42.5 Å². The second-order valence-corrected chi connectivity index (χ2v) is 6.93. The molecule has 1 amide bonds. The smallest absolute Gasteiger partial charge is 0.266 e. The molecule has 2 aromatic carbocycles. The van der Waals surface area contributed by atoms with E-state index in [2.05, 4.69) is 0 Å². The summed E-state index contributed by atoms with van der Waals surface area (Å²) in [5.41, 5.74) is 1.85. The van der Waals surface area contributed by atoms with Crippen LogP contribution in [0.15, 0.2) is 52.3 Å². The molecule has 7 nitrogen and oxygen atoms in total. The largest absolute Gasteiger partial charge is 0.455 e. The molecule has 2 aromatic rings. The summed E-state index contributed by atoms with van der Waals surface area (Å²) in [5, 5.41) is 8.75. The Balaban J connectivity index is 1.96. The van der Waals surface area contributed by atoms with Gasteiger partial charge in [0.25, 0.3) is 17.2 Å². The lowest BCUT2D eigenvalue weighted by Gasteiger charge is -2.27. The summed E-state index contributed by atoms with van der Waals surface area (Å²) in [5.74, 6) is 0.591. The normalized spacial score (nSPS) is 14.6. The fraction of sp³-hybridized carbons (Fsp3) is 0.133. The van der Waals surface area contributed by atoms with E-state index in [1.54, 1.807) is 18.2 Å². The van der Waals surface area contributed by atoms with Crippen LogP contribution in [0, 0.1) is 0 Å². The number of carbonyl (C=O) groups excluding carboxylic acids is 1. The third-order valence-electron chi connectivity index (χ3n) is 3.48. The molecular formula is C15H14N2O5S2. The van der Waals surface area contributed by atoms with E-state index in [-0.39, 0.29) is 0 Å². The van der Waals surface area contributed by atoms with E-state index < -0.39 is 23.2 Å². The van der Waals surface area contributed by atoms with Gasteiger partial charge in [-0.3, -0.25) is 18.9 Å². The quantitative estimate of drug-likeness (QED) is 0.373. The van der Waals surface area contributed by atoms with Gasteiger partial charge in [-0.1, -0.05) is 23.9 Å². The minimum absolute atomic E-state index is 0.362.